The minimum Gasteiger partial charge on any atom is -0.340 e. The fraction of sp³-hybridized carbons (Fsp3) is 0.174. The second-order valence-electron chi connectivity index (χ2n) is 6.81. The SMILES string of the molecule is CC(C)=NNC(=O)C(Cc1ccccc1)NC(=O)c1ccc2ccccc2c1. The first-order valence-corrected chi connectivity index (χ1v) is 9.17. The van der Waals surface area contributed by atoms with E-state index in [-0.39, 0.29) is 11.8 Å². The molecule has 5 heteroatoms. The highest BCUT2D eigenvalue weighted by molar-refractivity contribution is 6.00. The molecule has 142 valence electrons. The third kappa shape index (κ3) is 5.04. The number of nitrogens with zero attached hydrogens (tertiary/aromatic N) is 1. The highest BCUT2D eigenvalue weighted by Gasteiger charge is 2.22. The fourth-order valence-electron chi connectivity index (χ4n) is 2.88. The summed E-state index contributed by atoms with van der Waals surface area (Å²) in [5.74, 6) is -0.641. The molecule has 0 bridgehead atoms. The summed E-state index contributed by atoms with van der Waals surface area (Å²) in [6.45, 7) is 3.58. The maximum Gasteiger partial charge on any atom is 0.262 e. The zero-order valence-corrected chi connectivity index (χ0v) is 16.0. The van der Waals surface area contributed by atoms with E-state index in [0.717, 1.165) is 22.0 Å². The van der Waals surface area contributed by atoms with Crippen LogP contribution in [-0.4, -0.2) is 23.6 Å². The zero-order chi connectivity index (χ0) is 19.9. The predicted molar refractivity (Wildman–Crippen MR) is 112 cm³/mol. The molecule has 1 unspecified atom stereocenters. The Morgan fingerprint density at radius 3 is 2.29 bits per heavy atom. The molecule has 0 heterocycles. The van der Waals surface area contributed by atoms with Gasteiger partial charge in [0.25, 0.3) is 11.8 Å². The van der Waals surface area contributed by atoms with Gasteiger partial charge < -0.3 is 5.32 Å². The number of hydrazone groups is 1. The lowest BCUT2D eigenvalue weighted by molar-refractivity contribution is -0.122. The molecule has 5 nitrogen and oxygen atoms in total. The van der Waals surface area contributed by atoms with Crippen molar-refractivity contribution in [1.82, 2.24) is 10.7 Å². The van der Waals surface area contributed by atoms with Crippen molar-refractivity contribution in [3.8, 4) is 0 Å². The van der Waals surface area contributed by atoms with Crippen LogP contribution in [0.4, 0.5) is 0 Å². The molecule has 0 saturated carbocycles. The van der Waals surface area contributed by atoms with Gasteiger partial charge in [0.15, 0.2) is 0 Å². The van der Waals surface area contributed by atoms with Crippen molar-refractivity contribution < 1.29 is 9.59 Å². The Hall–Kier alpha value is -3.47. The molecular weight excluding hydrogens is 350 g/mol. The molecule has 28 heavy (non-hydrogen) atoms. The van der Waals surface area contributed by atoms with Crippen LogP contribution in [0, 0.1) is 0 Å². The Morgan fingerprint density at radius 2 is 1.57 bits per heavy atom. The van der Waals surface area contributed by atoms with Crippen molar-refractivity contribution >= 4 is 28.3 Å². The van der Waals surface area contributed by atoms with Crippen LogP contribution in [0.25, 0.3) is 10.8 Å². The monoisotopic (exact) mass is 373 g/mol. The Balaban J connectivity index is 1.81. The molecule has 0 aliphatic carbocycles. The Labute approximate surface area is 164 Å². The summed E-state index contributed by atoms with van der Waals surface area (Å²) in [6, 6.07) is 22.2. The number of fused-ring (bicyclic) bond motifs is 1. The van der Waals surface area contributed by atoms with E-state index in [1.807, 2.05) is 66.7 Å². The first kappa shape index (κ1) is 19.3. The molecule has 2 N–H and O–H groups in total. The summed E-state index contributed by atoms with van der Waals surface area (Å²) in [7, 11) is 0. The number of benzene rings is 3. The number of rotatable bonds is 6. The summed E-state index contributed by atoms with van der Waals surface area (Å²) >= 11 is 0. The van der Waals surface area contributed by atoms with Gasteiger partial charge in [-0.3, -0.25) is 9.59 Å². The fourth-order valence-corrected chi connectivity index (χ4v) is 2.88. The molecule has 0 spiro atoms. The smallest absolute Gasteiger partial charge is 0.262 e. The Bertz CT molecular complexity index is 1010. The summed E-state index contributed by atoms with van der Waals surface area (Å²) < 4.78 is 0. The molecule has 0 fully saturated rings. The van der Waals surface area contributed by atoms with Gasteiger partial charge in [-0.2, -0.15) is 5.10 Å². The van der Waals surface area contributed by atoms with E-state index in [0.29, 0.717) is 12.0 Å². The second-order valence-corrected chi connectivity index (χ2v) is 6.81. The van der Waals surface area contributed by atoms with Crippen LogP contribution in [0.15, 0.2) is 77.9 Å². The van der Waals surface area contributed by atoms with Crippen LogP contribution in [-0.2, 0) is 11.2 Å². The lowest BCUT2D eigenvalue weighted by atomic mass is 10.0. The van der Waals surface area contributed by atoms with E-state index < -0.39 is 6.04 Å². The van der Waals surface area contributed by atoms with E-state index in [9.17, 15) is 9.59 Å². The van der Waals surface area contributed by atoms with Gasteiger partial charge in [-0.15, -0.1) is 0 Å². The molecule has 0 saturated heterocycles. The van der Waals surface area contributed by atoms with Crippen molar-refractivity contribution in [2.24, 2.45) is 5.10 Å². The van der Waals surface area contributed by atoms with Crippen LogP contribution in [0.1, 0.15) is 29.8 Å². The summed E-state index contributed by atoms with van der Waals surface area (Å²) in [6.07, 6.45) is 0.379. The number of hydrogen-bond acceptors (Lipinski definition) is 3. The second kappa shape index (κ2) is 8.95. The first-order chi connectivity index (χ1) is 13.5. The van der Waals surface area contributed by atoms with Gasteiger partial charge in [-0.1, -0.05) is 60.7 Å². The number of nitrogens with one attached hydrogen (secondary N) is 2. The summed E-state index contributed by atoms with van der Waals surface area (Å²) in [5.41, 5.74) is 4.72. The van der Waals surface area contributed by atoms with Crippen LogP contribution < -0.4 is 10.7 Å². The van der Waals surface area contributed by atoms with Gasteiger partial charge in [0.1, 0.15) is 6.04 Å². The topological polar surface area (TPSA) is 70.6 Å². The molecule has 0 radical (unpaired) electrons. The molecule has 2 amide bonds. The minimum atomic E-state index is -0.732. The van der Waals surface area contributed by atoms with E-state index in [2.05, 4.69) is 15.8 Å². The molecule has 0 aliphatic heterocycles. The maximum absolute atomic E-state index is 12.8. The van der Waals surface area contributed by atoms with Crippen molar-refractivity contribution in [2.45, 2.75) is 26.3 Å². The summed E-state index contributed by atoms with van der Waals surface area (Å²) in [5, 5.41) is 8.86. The van der Waals surface area contributed by atoms with Crippen molar-refractivity contribution in [1.29, 1.82) is 0 Å². The normalized spacial score (nSPS) is 11.5. The van der Waals surface area contributed by atoms with E-state index in [4.69, 9.17) is 0 Å². The summed E-state index contributed by atoms with van der Waals surface area (Å²) in [4.78, 5) is 25.4. The van der Waals surface area contributed by atoms with E-state index in [1.165, 1.54) is 0 Å². The molecule has 3 aromatic carbocycles. The van der Waals surface area contributed by atoms with Crippen LogP contribution in [0.5, 0.6) is 0 Å². The minimum absolute atomic E-state index is 0.293. The van der Waals surface area contributed by atoms with Crippen molar-refractivity contribution in [2.75, 3.05) is 0 Å². The number of amides is 2. The number of carbonyl (C=O) groups excluding carboxylic acids is 2. The van der Waals surface area contributed by atoms with Gasteiger partial charge in [0, 0.05) is 17.7 Å². The molecule has 3 aromatic rings. The molecule has 3 rings (SSSR count). The van der Waals surface area contributed by atoms with E-state index >= 15 is 0 Å². The van der Waals surface area contributed by atoms with Gasteiger partial charge >= 0.3 is 0 Å². The highest BCUT2D eigenvalue weighted by Crippen LogP contribution is 2.16. The predicted octanol–water partition coefficient (Wildman–Crippen LogP) is 3.69. The number of carbonyl (C=O) groups is 2. The van der Waals surface area contributed by atoms with Gasteiger partial charge in [-0.25, -0.2) is 5.43 Å². The average molecular weight is 373 g/mol. The van der Waals surface area contributed by atoms with Crippen LogP contribution in [0.2, 0.25) is 0 Å². The third-order valence-corrected chi connectivity index (χ3v) is 4.31. The Kier molecular flexibility index (Phi) is 6.17. The van der Waals surface area contributed by atoms with Gasteiger partial charge in [-0.05, 0) is 42.3 Å². The first-order valence-electron chi connectivity index (χ1n) is 9.17. The van der Waals surface area contributed by atoms with Gasteiger partial charge in [0.05, 0.1) is 0 Å². The average Bonchev–Trinajstić information content (AvgIpc) is 2.71. The number of hydrogen-bond donors (Lipinski definition) is 2. The van der Waals surface area contributed by atoms with Crippen LogP contribution >= 0.6 is 0 Å². The molecular formula is C23H23N3O2. The lowest BCUT2D eigenvalue weighted by Crippen LogP contribution is -2.47. The van der Waals surface area contributed by atoms with Crippen LogP contribution in [0.3, 0.4) is 0 Å². The molecule has 1 atom stereocenters. The molecule has 0 aliphatic rings. The quantitative estimate of drug-likeness (QED) is 0.511. The van der Waals surface area contributed by atoms with Crippen molar-refractivity contribution in [3.05, 3.63) is 83.9 Å². The largest absolute Gasteiger partial charge is 0.340 e. The molecule has 0 aromatic heterocycles. The van der Waals surface area contributed by atoms with Gasteiger partial charge in [0.2, 0.25) is 0 Å². The lowest BCUT2D eigenvalue weighted by Gasteiger charge is -2.17. The van der Waals surface area contributed by atoms with E-state index in [1.54, 1.807) is 19.9 Å². The zero-order valence-electron chi connectivity index (χ0n) is 16.0. The highest BCUT2D eigenvalue weighted by atomic mass is 16.2. The van der Waals surface area contributed by atoms with Crippen molar-refractivity contribution in [3.63, 3.8) is 0 Å². The standard InChI is InChI=1S/C23H23N3O2/c1-16(2)25-26-23(28)21(14-17-8-4-3-5-9-17)24-22(27)20-13-12-18-10-6-7-11-19(18)15-20/h3-13,15,21H,14H2,1-2H3,(H,24,27)(H,26,28). The Morgan fingerprint density at radius 1 is 0.893 bits per heavy atom. The third-order valence-electron chi connectivity index (χ3n) is 4.31. The maximum atomic E-state index is 12.8.